The van der Waals surface area contributed by atoms with Gasteiger partial charge in [-0.2, -0.15) is 0 Å². The van der Waals surface area contributed by atoms with Crippen LogP contribution in [0.2, 0.25) is 0 Å². The first-order valence-electron chi connectivity index (χ1n) is 7.86. The molecule has 0 saturated heterocycles. The maximum atomic E-state index is 5.64. The average Bonchev–Trinajstić information content (AvgIpc) is 2.49. The van der Waals surface area contributed by atoms with Gasteiger partial charge in [0.05, 0.1) is 6.10 Å². The lowest BCUT2D eigenvalue weighted by Crippen LogP contribution is -2.24. The third-order valence-electron chi connectivity index (χ3n) is 3.34. The highest BCUT2D eigenvalue weighted by atomic mass is 16.5. The van der Waals surface area contributed by atoms with Crippen molar-refractivity contribution in [3.05, 3.63) is 60.2 Å². The third kappa shape index (κ3) is 5.78. The van der Waals surface area contributed by atoms with Crippen LogP contribution in [0.5, 0.6) is 5.75 Å². The third-order valence-corrected chi connectivity index (χ3v) is 3.34. The molecule has 0 fully saturated rings. The van der Waals surface area contributed by atoms with E-state index in [2.05, 4.69) is 59.7 Å². The molecular formula is C19H26N2O. The Morgan fingerprint density at radius 3 is 2.32 bits per heavy atom. The molecule has 0 heterocycles. The maximum absolute atomic E-state index is 5.64. The summed E-state index contributed by atoms with van der Waals surface area (Å²) in [6.07, 6.45) is 0.213. The second-order valence-corrected chi connectivity index (χ2v) is 5.84. The molecule has 1 N–H and O–H groups in total. The van der Waals surface area contributed by atoms with Crippen LogP contribution in [0.3, 0.4) is 0 Å². The molecular weight excluding hydrogens is 272 g/mol. The van der Waals surface area contributed by atoms with Gasteiger partial charge in [-0.1, -0.05) is 30.3 Å². The molecule has 0 aliphatic carbocycles. The largest absolute Gasteiger partial charge is 0.491 e. The minimum Gasteiger partial charge on any atom is -0.491 e. The summed E-state index contributed by atoms with van der Waals surface area (Å²) in [5.74, 6) is 0.918. The first-order valence-corrected chi connectivity index (χ1v) is 7.86. The Kier molecular flexibility index (Phi) is 6.28. The van der Waals surface area contributed by atoms with Crippen LogP contribution >= 0.6 is 0 Å². The topological polar surface area (TPSA) is 24.5 Å². The van der Waals surface area contributed by atoms with Crippen LogP contribution in [0, 0.1) is 0 Å². The Morgan fingerprint density at radius 1 is 1.00 bits per heavy atom. The number of rotatable bonds is 8. The Labute approximate surface area is 133 Å². The summed E-state index contributed by atoms with van der Waals surface area (Å²) in [6, 6.07) is 18.7. The van der Waals surface area contributed by atoms with Crippen LogP contribution in [0.4, 0.5) is 5.69 Å². The molecule has 0 saturated carbocycles. The zero-order valence-corrected chi connectivity index (χ0v) is 13.8. The lowest BCUT2D eigenvalue weighted by atomic mass is 10.2. The number of hydrogen-bond acceptors (Lipinski definition) is 3. The molecule has 22 heavy (non-hydrogen) atoms. The van der Waals surface area contributed by atoms with Crippen molar-refractivity contribution in [1.29, 1.82) is 0 Å². The molecule has 0 bridgehead atoms. The minimum atomic E-state index is 0.213. The Morgan fingerprint density at radius 2 is 1.68 bits per heavy atom. The monoisotopic (exact) mass is 298 g/mol. The molecule has 2 aromatic carbocycles. The van der Waals surface area contributed by atoms with Crippen LogP contribution in [-0.2, 0) is 6.54 Å². The molecule has 0 aliphatic heterocycles. The van der Waals surface area contributed by atoms with Gasteiger partial charge in [-0.05, 0) is 50.7 Å². The SMILES string of the molecule is CC(C)Oc1ccc(NCCN(C)Cc2ccccc2)cc1. The van der Waals surface area contributed by atoms with E-state index in [9.17, 15) is 0 Å². The second kappa shape index (κ2) is 8.44. The first kappa shape index (κ1) is 16.4. The lowest BCUT2D eigenvalue weighted by Gasteiger charge is -2.17. The van der Waals surface area contributed by atoms with Crippen LogP contribution in [0.15, 0.2) is 54.6 Å². The van der Waals surface area contributed by atoms with Gasteiger partial charge in [0.15, 0.2) is 0 Å². The lowest BCUT2D eigenvalue weighted by molar-refractivity contribution is 0.242. The predicted molar refractivity (Wildman–Crippen MR) is 93.5 cm³/mol. The molecule has 0 spiro atoms. The van der Waals surface area contributed by atoms with Gasteiger partial charge in [0.2, 0.25) is 0 Å². The fourth-order valence-electron chi connectivity index (χ4n) is 2.29. The van der Waals surface area contributed by atoms with Gasteiger partial charge in [0.1, 0.15) is 5.75 Å². The van der Waals surface area contributed by atoms with Crippen LogP contribution in [-0.4, -0.2) is 31.1 Å². The Balaban J connectivity index is 1.71. The van der Waals surface area contributed by atoms with Crippen molar-refractivity contribution in [3.63, 3.8) is 0 Å². The fourth-order valence-corrected chi connectivity index (χ4v) is 2.29. The number of nitrogens with zero attached hydrogens (tertiary/aromatic N) is 1. The molecule has 2 rings (SSSR count). The highest BCUT2D eigenvalue weighted by Crippen LogP contribution is 2.16. The molecule has 3 heteroatoms. The number of nitrogens with one attached hydrogen (secondary N) is 1. The summed E-state index contributed by atoms with van der Waals surface area (Å²) >= 11 is 0. The number of ether oxygens (including phenoxy) is 1. The summed E-state index contributed by atoms with van der Waals surface area (Å²) in [6.45, 7) is 6.97. The van der Waals surface area contributed by atoms with E-state index in [4.69, 9.17) is 4.74 Å². The van der Waals surface area contributed by atoms with E-state index in [-0.39, 0.29) is 6.10 Å². The highest BCUT2D eigenvalue weighted by molar-refractivity contribution is 5.46. The molecule has 0 radical (unpaired) electrons. The molecule has 0 aliphatic rings. The first-order chi connectivity index (χ1) is 10.6. The van der Waals surface area contributed by atoms with Gasteiger partial charge < -0.3 is 15.0 Å². The number of anilines is 1. The van der Waals surface area contributed by atoms with Crippen molar-refractivity contribution < 1.29 is 4.74 Å². The zero-order chi connectivity index (χ0) is 15.8. The van der Waals surface area contributed by atoms with E-state index in [1.54, 1.807) is 0 Å². The maximum Gasteiger partial charge on any atom is 0.119 e. The fraction of sp³-hybridized carbons (Fsp3) is 0.368. The molecule has 3 nitrogen and oxygen atoms in total. The van der Waals surface area contributed by atoms with E-state index in [0.29, 0.717) is 0 Å². The molecule has 0 amide bonds. The van der Waals surface area contributed by atoms with Crippen molar-refractivity contribution in [2.75, 3.05) is 25.5 Å². The quantitative estimate of drug-likeness (QED) is 0.796. The van der Waals surface area contributed by atoms with Gasteiger partial charge in [0.25, 0.3) is 0 Å². The molecule has 2 aromatic rings. The van der Waals surface area contributed by atoms with Gasteiger partial charge in [-0.15, -0.1) is 0 Å². The molecule has 0 aromatic heterocycles. The van der Waals surface area contributed by atoms with E-state index in [1.165, 1.54) is 5.56 Å². The average molecular weight is 298 g/mol. The van der Waals surface area contributed by atoms with Crippen LogP contribution in [0.25, 0.3) is 0 Å². The van der Waals surface area contributed by atoms with E-state index in [0.717, 1.165) is 31.1 Å². The summed E-state index contributed by atoms with van der Waals surface area (Å²) in [4.78, 5) is 2.32. The van der Waals surface area contributed by atoms with Crippen LogP contribution in [0.1, 0.15) is 19.4 Å². The second-order valence-electron chi connectivity index (χ2n) is 5.84. The Hall–Kier alpha value is -2.00. The van der Waals surface area contributed by atoms with E-state index < -0.39 is 0 Å². The summed E-state index contributed by atoms with van der Waals surface area (Å²) in [5.41, 5.74) is 2.48. The van der Waals surface area contributed by atoms with Crippen molar-refractivity contribution in [3.8, 4) is 5.75 Å². The number of benzene rings is 2. The van der Waals surface area contributed by atoms with Gasteiger partial charge >= 0.3 is 0 Å². The van der Waals surface area contributed by atoms with Crippen molar-refractivity contribution in [1.82, 2.24) is 4.90 Å². The normalized spacial score (nSPS) is 11.0. The van der Waals surface area contributed by atoms with Crippen molar-refractivity contribution in [2.45, 2.75) is 26.5 Å². The van der Waals surface area contributed by atoms with Gasteiger partial charge in [-0.25, -0.2) is 0 Å². The standard InChI is InChI=1S/C19H26N2O/c1-16(2)22-19-11-9-18(10-12-19)20-13-14-21(3)15-17-7-5-4-6-8-17/h4-12,16,20H,13-15H2,1-3H3. The van der Waals surface area contributed by atoms with Gasteiger partial charge in [-0.3, -0.25) is 0 Å². The molecule has 0 unspecified atom stereocenters. The van der Waals surface area contributed by atoms with Crippen molar-refractivity contribution >= 4 is 5.69 Å². The van der Waals surface area contributed by atoms with Gasteiger partial charge in [0, 0.05) is 25.3 Å². The highest BCUT2D eigenvalue weighted by Gasteiger charge is 2.01. The van der Waals surface area contributed by atoms with Crippen molar-refractivity contribution in [2.24, 2.45) is 0 Å². The molecule has 118 valence electrons. The summed E-state index contributed by atoms with van der Waals surface area (Å²) in [7, 11) is 2.15. The molecule has 0 atom stereocenters. The predicted octanol–water partition coefficient (Wildman–Crippen LogP) is 4.02. The smallest absolute Gasteiger partial charge is 0.119 e. The van der Waals surface area contributed by atoms with E-state index in [1.807, 2.05) is 26.0 Å². The minimum absolute atomic E-state index is 0.213. The van der Waals surface area contributed by atoms with Crippen LogP contribution < -0.4 is 10.1 Å². The summed E-state index contributed by atoms with van der Waals surface area (Å²) in [5, 5.41) is 3.44. The number of likely N-dealkylation sites (N-methyl/N-ethyl adjacent to an activating group) is 1. The Bertz CT molecular complexity index is 537. The number of hydrogen-bond donors (Lipinski definition) is 1. The van der Waals surface area contributed by atoms with E-state index >= 15 is 0 Å². The zero-order valence-electron chi connectivity index (χ0n) is 13.8. The summed E-state index contributed by atoms with van der Waals surface area (Å²) < 4.78 is 5.64.